The first-order valence-corrected chi connectivity index (χ1v) is 12.5. The maximum Gasteiger partial charge on any atom is 0.265 e. The van der Waals surface area contributed by atoms with E-state index in [1.54, 1.807) is 12.1 Å². The number of hydrogen-bond donors (Lipinski definition) is 2. The second-order valence-electron chi connectivity index (χ2n) is 7.64. The summed E-state index contributed by atoms with van der Waals surface area (Å²) in [6, 6.07) is 16.5. The van der Waals surface area contributed by atoms with Crippen LogP contribution in [0, 0.1) is 0 Å². The van der Waals surface area contributed by atoms with Gasteiger partial charge in [0.05, 0.1) is 9.77 Å². The van der Waals surface area contributed by atoms with Crippen molar-refractivity contribution < 1.29 is 13.2 Å². The fraction of sp³-hybridized carbons (Fsp3) is 0.217. The average molecular weight is 452 g/mol. The summed E-state index contributed by atoms with van der Waals surface area (Å²) in [7, 11) is -3.73. The first-order valence-electron chi connectivity index (χ1n) is 10.2. The Morgan fingerprint density at radius 2 is 1.81 bits per heavy atom. The maximum absolute atomic E-state index is 12.9. The van der Waals surface area contributed by atoms with Crippen molar-refractivity contribution in [3.63, 3.8) is 0 Å². The van der Waals surface area contributed by atoms with Gasteiger partial charge in [0.25, 0.3) is 15.9 Å². The number of rotatable bonds is 4. The Bertz CT molecular complexity index is 1310. The van der Waals surface area contributed by atoms with Crippen molar-refractivity contribution in [1.82, 2.24) is 4.72 Å². The number of sulfonamides is 1. The second kappa shape index (κ2) is 7.94. The van der Waals surface area contributed by atoms with E-state index in [0.29, 0.717) is 29.4 Å². The van der Waals surface area contributed by atoms with Crippen LogP contribution in [0.5, 0.6) is 0 Å². The van der Waals surface area contributed by atoms with Crippen LogP contribution in [0.1, 0.15) is 33.6 Å². The van der Waals surface area contributed by atoms with Gasteiger partial charge in [0.2, 0.25) is 0 Å². The summed E-state index contributed by atoms with van der Waals surface area (Å²) in [5.41, 5.74) is 4.13. The van der Waals surface area contributed by atoms with Crippen molar-refractivity contribution in [2.45, 2.75) is 30.6 Å². The third-order valence-electron chi connectivity index (χ3n) is 5.49. The lowest BCUT2D eigenvalue weighted by atomic mass is 9.91. The summed E-state index contributed by atoms with van der Waals surface area (Å²) >= 11 is 1.48. The van der Waals surface area contributed by atoms with Crippen LogP contribution >= 0.6 is 11.3 Å². The molecule has 0 fully saturated rings. The smallest absolute Gasteiger partial charge is 0.265 e. The normalized spacial score (nSPS) is 15.0. The molecule has 0 saturated carbocycles. The van der Waals surface area contributed by atoms with Crippen LogP contribution in [0.2, 0.25) is 0 Å². The molecule has 0 saturated heterocycles. The Hall–Kier alpha value is -2.97. The van der Waals surface area contributed by atoms with Gasteiger partial charge < -0.3 is 5.32 Å². The van der Waals surface area contributed by atoms with Gasteiger partial charge in [0, 0.05) is 23.5 Å². The molecule has 2 heterocycles. The van der Waals surface area contributed by atoms with Gasteiger partial charge in [0.1, 0.15) is 5.84 Å². The van der Waals surface area contributed by atoms with Crippen molar-refractivity contribution in [1.29, 1.82) is 0 Å². The standard InChI is InChI=1S/C23H21N3O3S2/c27-23(20-13-16-11-10-15-5-1-2-8-19(15)22(16)30-20)25-17-6-3-7-18(14-17)31(28,29)26-21-9-4-12-24-21/h1-3,5-8,13-14H,4,9-12H2,(H,24,26)(H,25,27). The number of nitrogens with one attached hydrogen (secondary N) is 2. The molecule has 0 unspecified atom stereocenters. The minimum Gasteiger partial charge on any atom is -0.321 e. The molecule has 2 aromatic carbocycles. The zero-order valence-electron chi connectivity index (χ0n) is 16.7. The molecule has 0 radical (unpaired) electrons. The number of aryl methyl sites for hydroxylation is 2. The molecule has 31 heavy (non-hydrogen) atoms. The van der Waals surface area contributed by atoms with E-state index in [-0.39, 0.29) is 10.8 Å². The lowest BCUT2D eigenvalue weighted by Gasteiger charge is -2.15. The van der Waals surface area contributed by atoms with Crippen LogP contribution in [0.3, 0.4) is 0 Å². The Morgan fingerprint density at radius 1 is 0.968 bits per heavy atom. The van der Waals surface area contributed by atoms with E-state index in [9.17, 15) is 13.2 Å². The van der Waals surface area contributed by atoms with E-state index >= 15 is 0 Å². The van der Waals surface area contributed by atoms with E-state index in [1.807, 2.05) is 18.2 Å². The quantitative estimate of drug-likeness (QED) is 0.622. The van der Waals surface area contributed by atoms with Gasteiger partial charge in [-0.15, -0.1) is 11.3 Å². The highest BCUT2D eigenvalue weighted by molar-refractivity contribution is 7.90. The largest absolute Gasteiger partial charge is 0.321 e. The van der Waals surface area contributed by atoms with Gasteiger partial charge in [-0.05, 0) is 60.2 Å². The van der Waals surface area contributed by atoms with Crippen LogP contribution in [-0.2, 0) is 22.9 Å². The molecular formula is C23H21N3O3S2. The van der Waals surface area contributed by atoms with Gasteiger partial charge in [-0.3, -0.25) is 14.5 Å². The molecule has 8 heteroatoms. The average Bonchev–Trinajstić information content (AvgIpc) is 3.43. The summed E-state index contributed by atoms with van der Waals surface area (Å²) in [4.78, 5) is 18.9. The number of thiophene rings is 1. The van der Waals surface area contributed by atoms with Gasteiger partial charge in [0.15, 0.2) is 0 Å². The molecule has 1 aliphatic heterocycles. The highest BCUT2D eigenvalue weighted by atomic mass is 32.2. The zero-order chi connectivity index (χ0) is 21.4. The van der Waals surface area contributed by atoms with Crippen molar-refractivity contribution >= 4 is 38.8 Å². The monoisotopic (exact) mass is 451 g/mol. The predicted octanol–water partition coefficient (Wildman–Crippen LogP) is 4.24. The lowest BCUT2D eigenvalue weighted by molar-refractivity contribution is 0.103. The van der Waals surface area contributed by atoms with E-state index in [2.05, 4.69) is 27.2 Å². The third-order valence-corrected chi connectivity index (χ3v) is 8.08. The zero-order valence-corrected chi connectivity index (χ0v) is 18.4. The number of aliphatic imine (C=N–C) groups is 1. The Labute approximate surface area is 185 Å². The summed E-state index contributed by atoms with van der Waals surface area (Å²) in [6.07, 6.45) is 3.36. The molecule has 3 aromatic rings. The molecule has 0 atom stereocenters. The molecule has 6 nitrogen and oxygen atoms in total. The molecule has 0 spiro atoms. The topological polar surface area (TPSA) is 87.6 Å². The van der Waals surface area contributed by atoms with Crippen LogP contribution in [0.15, 0.2) is 64.5 Å². The first-order chi connectivity index (χ1) is 15.0. The van der Waals surface area contributed by atoms with Gasteiger partial charge in [-0.25, -0.2) is 8.42 Å². The molecule has 1 aliphatic carbocycles. The highest BCUT2D eigenvalue weighted by Gasteiger charge is 2.22. The molecule has 158 valence electrons. The summed E-state index contributed by atoms with van der Waals surface area (Å²) in [5.74, 6) is 0.249. The van der Waals surface area contributed by atoms with E-state index in [4.69, 9.17) is 0 Å². The number of nitrogens with zero attached hydrogens (tertiary/aromatic N) is 1. The summed E-state index contributed by atoms with van der Waals surface area (Å²) in [6.45, 7) is 0.642. The molecule has 2 aliphatic rings. The van der Waals surface area contributed by atoms with Crippen molar-refractivity contribution in [3.05, 3.63) is 70.6 Å². The summed E-state index contributed by atoms with van der Waals surface area (Å²) in [5, 5.41) is 2.85. The van der Waals surface area contributed by atoms with Crippen LogP contribution in [0.25, 0.3) is 10.4 Å². The Balaban J connectivity index is 1.36. The SMILES string of the molecule is O=C(Nc1cccc(S(=O)(=O)NC2=NCCC2)c1)c1cc2c(s1)-c1ccccc1CC2. The number of amidine groups is 1. The minimum absolute atomic E-state index is 0.0966. The first kappa shape index (κ1) is 20.0. The van der Waals surface area contributed by atoms with Crippen molar-refractivity contribution in [3.8, 4) is 10.4 Å². The van der Waals surface area contributed by atoms with Gasteiger partial charge in [-0.2, -0.15) is 0 Å². The van der Waals surface area contributed by atoms with Gasteiger partial charge in [-0.1, -0.05) is 30.3 Å². The number of anilines is 1. The van der Waals surface area contributed by atoms with Crippen LogP contribution < -0.4 is 10.0 Å². The highest BCUT2D eigenvalue weighted by Crippen LogP contribution is 2.39. The fourth-order valence-corrected chi connectivity index (χ4v) is 6.25. The van der Waals surface area contributed by atoms with Crippen LogP contribution in [-0.4, -0.2) is 26.7 Å². The molecule has 2 N–H and O–H groups in total. The molecule has 1 amide bonds. The number of carbonyl (C=O) groups is 1. The molecular weight excluding hydrogens is 430 g/mol. The number of amides is 1. The van der Waals surface area contributed by atoms with E-state index in [1.165, 1.54) is 40.2 Å². The number of carbonyl (C=O) groups excluding carboxylic acids is 1. The van der Waals surface area contributed by atoms with E-state index in [0.717, 1.165) is 24.1 Å². The second-order valence-corrected chi connectivity index (χ2v) is 10.4. The number of hydrogen-bond acceptors (Lipinski definition) is 5. The number of fused-ring (bicyclic) bond motifs is 3. The predicted molar refractivity (Wildman–Crippen MR) is 123 cm³/mol. The molecule has 1 aromatic heterocycles. The number of benzene rings is 2. The third kappa shape index (κ3) is 4.00. The molecule has 0 bridgehead atoms. The lowest BCUT2D eigenvalue weighted by Crippen LogP contribution is -2.29. The van der Waals surface area contributed by atoms with Crippen molar-refractivity contribution in [2.24, 2.45) is 4.99 Å². The molecule has 5 rings (SSSR count). The van der Waals surface area contributed by atoms with E-state index < -0.39 is 10.0 Å². The summed E-state index contributed by atoms with van der Waals surface area (Å²) < 4.78 is 27.8. The maximum atomic E-state index is 12.9. The Morgan fingerprint density at radius 3 is 2.65 bits per heavy atom. The van der Waals surface area contributed by atoms with Crippen LogP contribution in [0.4, 0.5) is 5.69 Å². The Kier molecular flexibility index (Phi) is 5.11. The fourth-order valence-electron chi connectivity index (χ4n) is 3.95. The van der Waals surface area contributed by atoms with Crippen molar-refractivity contribution in [2.75, 3.05) is 11.9 Å². The van der Waals surface area contributed by atoms with Gasteiger partial charge >= 0.3 is 0 Å². The minimum atomic E-state index is -3.73.